The highest BCUT2D eigenvalue weighted by Crippen LogP contribution is 2.04. The van der Waals surface area contributed by atoms with E-state index in [9.17, 15) is 4.79 Å². The van der Waals surface area contributed by atoms with Gasteiger partial charge in [-0.1, -0.05) is 0 Å². The lowest BCUT2D eigenvalue weighted by Gasteiger charge is -2.34. The summed E-state index contributed by atoms with van der Waals surface area (Å²) in [5.41, 5.74) is 0. The Bertz CT molecular complexity index is 386. The number of urea groups is 1. The highest BCUT2D eigenvalue weighted by Gasteiger charge is 2.20. The van der Waals surface area contributed by atoms with Crippen LogP contribution in [0.3, 0.4) is 0 Å². The number of furan rings is 1. The number of rotatable bonds is 6. The number of carbonyl (C=O) groups is 1. The van der Waals surface area contributed by atoms with Crippen LogP contribution < -0.4 is 5.32 Å². The number of nitrogens with one attached hydrogen (secondary N) is 1. The van der Waals surface area contributed by atoms with E-state index in [1.807, 2.05) is 17.0 Å². The number of ether oxygens (including phenoxy) is 1. The minimum absolute atomic E-state index is 0.0158. The largest absolute Gasteiger partial charge is 0.467 e. The molecule has 1 aromatic heterocycles. The summed E-state index contributed by atoms with van der Waals surface area (Å²) < 4.78 is 10.2. The number of nitrogens with zero attached hydrogens (tertiary/aromatic N) is 2. The van der Waals surface area contributed by atoms with Crippen LogP contribution in [0.15, 0.2) is 22.8 Å². The van der Waals surface area contributed by atoms with Gasteiger partial charge in [-0.3, -0.25) is 4.90 Å². The molecular weight excluding hydrogens is 258 g/mol. The van der Waals surface area contributed by atoms with Gasteiger partial charge in [0.05, 0.1) is 12.8 Å². The molecule has 0 radical (unpaired) electrons. The Morgan fingerprint density at radius 2 is 2.20 bits per heavy atom. The zero-order valence-electron chi connectivity index (χ0n) is 12.0. The fraction of sp³-hybridized carbons (Fsp3) is 0.643. The Morgan fingerprint density at radius 3 is 2.85 bits per heavy atom. The number of carbonyl (C=O) groups excluding carboxylic acids is 1. The molecule has 0 bridgehead atoms. The monoisotopic (exact) mass is 281 g/mol. The van der Waals surface area contributed by atoms with Gasteiger partial charge in [0.15, 0.2) is 0 Å². The predicted octanol–water partition coefficient (Wildman–Crippen LogP) is 1.14. The maximum atomic E-state index is 12.0. The van der Waals surface area contributed by atoms with E-state index in [2.05, 4.69) is 10.2 Å². The molecule has 6 nitrogen and oxygen atoms in total. The molecule has 6 heteroatoms. The van der Waals surface area contributed by atoms with Crippen LogP contribution in [0.25, 0.3) is 0 Å². The maximum absolute atomic E-state index is 12.0. The Hall–Kier alpha value is -1.53. The van der Waals surface area contributed by atoms with E-state index in [4.69, 9.17) is 9.15 Å². The van der Waals surface area contributed by atoms with Gasteiger partial charge < -0.3 is 19.4 Å². The van der Waals surface area contributed by atoms with Gasteiger partial charge in [0, 0.05) is 46.4 Å². The van der Waals surface area contributed by atoms with Gasteiger partial charge in [-0.2, -0.15) is 0 Å². The molecule has 0 aliphatic carbocycles. The van der Waals surface area contributed by atoms with Gasteiger partial charge in [0.1, 0.15) is 5.76 Å². The third kappa shape index (κ3) is 4.54. The second-order valence-electron chi connectivity index (χ2n) is 4.91. The molecule has 112 valence electrons. The Labute approximate surface area is 119 Å². The Kier molecular flexibility index (Phi) is 5.88. The fourth-order valence-electron chi connectivity index (χ4n) is 2.29. The van der Waals surface area contributed by atoms with Crippen molar-refractivity contribution in [3.63, 3.8) is 0 Å². The molecule has 1 aliphatic heterocycles. The Morgan fingerprint density at radius 1 is 1.40 bits per heavy atom. The van der Waals surface area contributed by atoms with Crippen molar-refractivity contribution < 1.29 is 13.9 Å². The number of hydrogen-bond acceptors (Lipinski definition) is 4. The van der Waals surface area contributed by atoms with Crippen LogP contribution in [-0.2, 0) is 11.3 Å². The van der Waals surface area contributed by atoms with E-state index in [-0.39, 0.29) is 6.03 Å². The molecule has 0 unspecified atom stereocenters. The normalized spacial score (nSPS) is 16.4. The minimum atomic E-state index is -0.0158. The van der Waals surface area contributed by atoms with Gasteiger partial charge >= 0.3 is 6.03 Å². The molecule has 2 rings (SSSR count). The summed E-state index contributed by atoms with van der Waals surface area (Å²) >= 11 is 0. The Balaban J connectivity index is 1.64. The highest BCUT2D eigenvalue weighted by molar-refractivity contribution is 5.74. The van der Waals surface area contributed by atoms with Crippen molar-refractivity contribution in [2.45, 2.75) is 13.0 Å². The molecule has 1 aromatic rings. The summed E-state index contributed by atoms with van der Waals surface area (Å²) in [6.45, 7) is 5.68. The fourth-order valence-corrected chi connectivity index (χ4v) is 2.29. The minimum Gasteiger partial charge on any atom is -0.467 e. The summed E-state index contributed by atoms with van der Waals surface area (Å²) in [4.78, 5) is 16.2. The van der Waals surface area contributed by atoms with Crippen LogP contribution in [0.1, 0.15) is 12.2 Å². The van der Waals surface area contributed by atoms with Crippen LogP contribution >= 0.6 is 0 Å². The molecule has 0 aromatic carbocycles. The average molecular weight is 281 g/mol. The van der Waals surface area contributed by atoms with Crippen molar-refractivity contribution in [1.82, 2.24) is 15.1 Å². The van der Waals surface area contributed by atoms with E-state index < -0.39 is 0 Å². The SMILES string of the molecule is COCCCN1CCN(C(=O)NCc2ccco2)CC1. The topological polar surface area (TPSA) is 58.0 Å². The molecule has 0 atom stereocenters. The lowest BCUT2D eigenvalue weighted by atomic mass is 10.3. The molecule has 1 fully saturated rings. The van der Waals surface area contributed by atoms with E-state index in [1.54, 1.807) is 13.4 Å². The molecule has 1 aliphatic rings. The second-order valence-corrected chi connectivity index (χ2v) is 4.91. The van der Waals surface area contributed by atoms with Crippen LogP contribution in [0.5, 0.6) is 0 Å². The summed E-state index contributed by atoms with van der Waals surface area (Å²) in [6.07, 6.45) is 2.65. The first-order chi connectivity index (χ1) is 9.79. The smallest absolute Gasteiger partial charge is 0.317 e. The van der Waals surface area contributed by atoms with Crippen molar-refractivity contribution in [3.05, 3.63) is 24.2 Å². The standard InChI is InChI=1S/C14H23N3O3/c1-19-10-3-5-16-6-8-17(9-7-16)14(18)15-12-13-4-2-11-20-13/h2,4,11H,3,5-10,12H2,1H3,(H,15,18). The molecule has 0 saturated carbocycles. The summed E-state index contributed by atoms with van der Waals surface area (Å²) in [7, 11) is 1.72. The van der Waals surface area contributed by atoms with Crippen LogP contribution in [-0.4, -0.2) is 62.3 Å². The van der Waals surface area contributed by atoms with Crippen molar-refractivity contribution in [2.24, 2.45) is 0 Å². The average Bonchev–Trinajstić information content (AvgIpc) is 2.99. The van der Waals surface area contributed by atoms with Crippen LogP contribution in [0.4, 0.5) is 4.79 Å². The predicted molar refractivity (Wildman–Crippen MR) is 75.4 cm³/mol. The first-order valence-electron chi connectivity index (χ1n) is 7.06. The van der Waals surface area contributed by atoms with Crippen molar-refractivity contribution in [3.8, 4) is 0 Å². The van der Waals surface area contributed by atoms with E-state index in [0.29, 0.717) is 6.54 Å². The molecule has 2 amide bonds. The third-order valence-electron chi connectivity index (χ3n) is 3.48. The van der Waals surface area contributed by atoms with Gasteiger partial charge in [0.2, 0.25) is 0 Å². The first-order valence-corrected chi connectivity index (χ1v) is 7.06. The van der Waals surface area contributed by atoms with E-state index in [1.165, 1.54) is 0 Å². The molecular formula is C14H23N3O3. The maximum Gasteiger partial charge on any atom is 0.317 e. The third-order valence-corrected chi connectivity index (χ3v) is 3.48. The lowest BCUT2D eigenvalue weighted by Crippen LogP contribution is -2.51. The number of amides is 2. The molecule has 0 spiro atoms. The van der Waals surface area contributed by atoms with Gasteiger partial charge in [-0.25, -0.2) is 4.79 Å². The molecule has 1 saturated heterocycles. The van der Waals surface area contributed by atoms with Crippen molar-refractivity contribution >= 4 is 6.03 Å². The van der Waals surface area contributed by atoms with Crippen LogP contribution in [0, 0.1) is 0 Å². The molecule has 2 heterocycles. The lowest BCUT2D eigenvalue weighted by molar-refractivity contribution is 0.124. The zero-order valence-corrected chi connectivity index (χ0v) is 12.0. The summed E-state index contributed by atoms with van der Waals surface area (Å²) in [5, 5.41) is 2.88. The first kappa shape index (κ1) is 14.9. The molecule has 1 N–H and O–H groups in total. The van der Waals surface area contributed by atoms with Crippen LogP contribution in [0.2, 0.25) is 0 Å². The quantitative estimate of drug-likeness (QED) is 0.795. The van der Waals surface area contributed by atoms with Gasteiger partial charge in [-0.05, 0) is 18.6 Å². The van der Waals surface area contributed by atoms with Gasteiger partial charge in [-0.15, -0.1) is 0 Å². The molecule has 20 heavy (non-hydrogen) atoms. The summed E-state index contributed by atoms with van der Waals surface area (Å²) in [6, 6.07) is 3.66. The van der Waals surface area contributed by atoms with Crippen molar-refractivity contribution in [2.75, 3.05) is 46.4 Å². The summed E-state index contributed by atoms with van der Waals surface area (Å²) in [5.74, 6) is 0.775. The van der Waals surface area contributed by atoms with E-state index in [0.717, 1.165) is 51.5 Å². The van der Waals surface area contributed by atoms with E-state index >= 15 is 0 Å². The number of hydrogen-bond donors (Lipinski definition) is 1. The highest BCUT2D eigenvalue weighted by atomic mass is 16.5. The zero-order chi connectivity index (χ0) is 14.2. The second kappa shape index (κ2) is 7.91. The number of methoxy groups -OCH3 is 1. The van der Waals surface area contributed by atoms with Crippen molar-refractivity contribution in [1.29, 1.82) is 0 Å². The van der Waals surface area contributed by atoms with Gasteiger partial charge in [0.25, 0.3) is 0 Å². The number of piperazine rings is 1.